The van der Waals surface area contributed by atoms with Crippen LogP contribution >= 0.6 is 23.3 Å². The van der Waals surface area contributed by atoms with Crippen LogP contribution in [0.25, 0.3) is 0 Å². The molecular weight excluding hydrogens is 292 g/mol. The highest BCUT2D eigenvalue weighted by atomic mass is 32.2. The van der Waals surface area contributed by atoms with Crippen LogP contribution in [0, 0.1) is 6.92 Å². The number of nitrogens with one attached hydrogen (secondary N) is 1. The van der Waals surface area contributed by atoms with Crippen molar-refractivity contribution in [2.45, 2.75) is 51.3 Å². The molecule has 0 saturated heterocycles. The zero-order valence-electron chi connectivity index (χ0n) is 12.3. The molecule has 2 rings (SSSR count). The van der Waals surface area contributed by atoms with E-state index in [4.69, 9.17) is 4.74 Å². The maximum Gasteiger partial charge on any atom is 0.343 e. The van der Waals surface area contributed by atoms with Gasteiger partial charge in [0.2, 0.25) is 0 Å². The normalized spacial score (nSPS) is 21.9. The van der Waals surface area contributed by atoms with Gasteiger partial charge in [0.25, 0.3) is 0 Å². The highest BCUT2D eigenvalue weighted by molar-refractivity contribution is 7.99. The third-order valence-electron chi connectivity index (χ3n) is 3.49. The lowest BCUT2D eigenvalue weighted by atomic mass is 10.2. The van der Waals surface area contributed by atoms with E-state index in [1.807, 2.05) is 25.6 Å². The summed E-state index contributed by atoms with van der Waals surface area (Å²) in [5.74, 6) is 0.869. The van der Waals surface area contributed by atoms with Crippen LogP contribution in [0.4, 0.5) is 5.00 Å². The predicted octanol–water partition coefficient (Wildman–Crippen LogP) is 3.71. The number of rotatable bonds is 6. The Hall–Kier alpha value is -0.750. The Morgan fingerprint density at radius 1 is 1.50 bits per heavy atom. The first-order valence-electron chi connectivity index (χ1n) is 7.18. The SMILES string of the molecule is CCOC(=O)c1c(C)nsc1NC1CCCC1SCC. The molecule has 6 heteroatoms. The minimum atomic E-state index is -0.265. The minimum Gasteiger partial charge on any atom is -0.462 e. The third kappa shape index (κ3) is 3.47. The molecule has 1 saturated carbocycles. The van der Waals surface area contributed by atoms with Crippen LogP contribution < -0.4 is 5.32 Å². The van der Waals surface area contributed by atoms with Crippen LogP contribution in [-0.4, -0.2) is 34.0 Å². The molecule has 2 unspecified atom stereocenters. The topological polar surface area (TPSA) is 51.2 Å². The summed E-state index contributed by atoms with van der Waals surface area (Å²) in [6, 6.07) is 0.438. The summed E-state index contributed by atoms with van der Waals surface area (Å²) in [5.41, 5.74) is 1.37. The molecule has 2 atom stereocenters. The van der Waals surface area contributed by atoms with Crippen molar-refractivity contribution < 1.29 is 9.53 Å². The number of thioether (sulfide) groups is 1. The molecule has 1 aromatic rings. The van der Waals surface area contributed by atoms with Gasteiger partial charge in [-0.15, -0.1) is 0 Å². The van der Waals surface area contributed by atoms with Gasteiger partial charge < -0.3 is 10.1 Å². The van der Waals surface area contributed by atoms with Gasteiger partial charge in [-0.05, 0) is 44.0 Å². The van der Waals surface area contributed by atoms with Crippen molar-refractivity contribution in [3.63, 3.8) is 0 Å². The molecular formula is C14H22N2O2S2. The van der Waals surface area contributed by atoms with E-state index < -0.39 is 0 Å². The first-order valence-corrected chi connectivity index (χ1v) is 9.01. The van der Waals surface area contributed by atoms with Crippen LogP contribution in [0.15, 0.2) is 0 Å². The molecule has 1 N–H and O–H groups in total. The van der Waals surface area contributed by atoms with Gasteiger partial charge in [-0.25, -0.2) is 4.79 Å². The number of ether oxygens (including phenoxy) is 1. The Morgan fingerprint density at radius 3 is 3.00 bits per heavy atom. The zero-order valence-corrected chi connectivity index (χ0v) is 13.9. The number of nitrogens with zero attached hydrogens (tertiary/aromatic N) is 1. The van der Waals surface area contributed by atoms with Gasteiger partial charge in [-0.2, -0.15) is 16.1 Å². The summed E-state index contributed by atoms with van der Waals surface area (Å²) in [7, 11) is 0. The number of hydrogen-bond donors (Lipinski definition) is 1. The average Bonchev–Trinajstić information content (AvgIpc) is 2.99. The summed E-state index contributed by atoms with van der Waals surface area (Å²) >= 11 is 3.37. The lowest BCUT2D eigenvalue weighted by Crippen LogP contribution is -2.26. The van der Waals surface area contributed by atoms with E-state index in [-0.39, 0.29) is 5.97 Å². The summed E-state index contributed by atoms with van der Waals surface area (Å²) in [6.07, 6.45) is 3.67. The molecule has 0 aliphatic heterocycles. The fourth-order valence-corrected chi connectivity index (χ4v) is 4.63. The van der Waals surface area contributed by atoms with Crippen molar-refractivity contribution in [1.29, 1.82) is 0 Å². The Balaban J connectivity index is 2.11. The second-order valence-corrected chi connectivity index (χ2v) is 7.16. The number of carbonyl (C=O) groups is 1. The van der Waals surface area contributed by atoms with E-state index in [0.29, 0.717) is 23.5 Å². The molecule has 1 aliphatic rings. The van der Waals surface area contributed by atoms with Gasteiger partial charge >= 0.3 is 5.97 Å². The maximum absolute atomic E-state index is 12.0. The highest BCUT2D eigenvalue weighted by Crippen LogP contribution is 2.34. The Labute approximate surface area is 128 Å². The molecule has 1 aromatic heterocycles. The van der Waals surface area contributed by atoms with Crippen LogP contribution in [0.5, 0.6) is 0 Å². The van der Waals surface area contributed by atoms with E-state index in [2.05, 4.69) is 16.6 Å². The van der Waals surface area contributed by atoms with Crippen molar-refractivity contribution in [2.24, 2.45) is 0 Å². The fourth-order valence-electron chi connectivity index (χ4n) is 2.58. The molecule has 1 aliphatic carbocycles. The number of carbonyl (C=O) groups excluding carboxylic acids is 1. The smallest absolute Gasteiger partial charge is 0.343 e. The van der Waals surface area contributed by atoms with Crippen LogP contribution in [0.3, 0.4) is 0 Å². The number of esters is 1. The predicted molar refractivity (Wildman–Crippen MR) is 86.0 cm³/mol. The standard InChI is InChI=1S/C14H22N2O2S2/c1-4-18-14(17)12-9(3)16-20-13(12)15-10-7-6-8-11(10)19-5-2/h10-11,15H,4-8H2,1-3H3. The first-order chi connectivity index (χ1) is 9.67. The zero-order chi connectivity index (χ0) is 14.5. The lowest BCUT2D eigenvalue weighted by molar-refractivity contribution is 0.0527. The van der Waals surface area contributed by atoms with Gasteiger partial charge in [-0.3, -0.25) is 0 Å². The van der Waals surface area contributed by atoms with Gasteiger partial charge in [0.1, 0.15) is 10.6 Å². The largest absolute Gasteiger partial charge is 0.462 e. The molecule has 1 fully saturated rings. The molecule has 0 spiro atoms. The van der Waals surface area contributed by atoms with E-state index in [1.165, 1.54) is 24.4 Å². The molecule has 1 heterocycles. The van der Waals surface area contributed by atoms with Gasteiger partial charge in [0.05, 0.1) is 12.3 Å². The van der Waals surface area contributed by atoms with Gasteiger partial charge in [0, 0.05) is 11.3 Å². The third-order valence-corrected chi connectivity index (χ3v) is 5.69. The Morgan fingerprint density at radius 2 is 2.30 bits per heavy atom. The molecule has 20 heavy (non-hydrogen) atoms. The maximum atomic E-state index is 12.0. The summed E-state index contributed by atoms with van der Waals surface area (Å²) in [6.45, 7) is 6.28. The number of hydrogen-bond acceptors (Lipinski definition) is 6. The summed E-state index contributed by atoms with van der Waals surface area (Å²) in [4.78, 5) is 12.0. The molecule has 0 radical (unpaired) electrons. The molecule has 0 amide bonds. The van der Waals surface area contributed by atoms with Gasteiger partial charge in [0.15, 0.2) is 0 Å². The monoisotopic (exact) mass is 314 g/mol. The van der Waals surface area contributed by atoms with Crippen LogP contribution in [0.1, 0.15) is 49.2 Å². The van der Waals surface area contributed by atoms with Crippen molar-refractivity contribution in [2.75, 3.05) is 17.7 Å². The highest BCUT2D eigenvalue weighted by Gasteiger charge is 2.29. The van der Waals surface area contributed by atoms with E-state index >= 15 is 0 Å². The van der Waals surface area contributed by atoms with E-state index in [9.17, 15) is 4.79 Å². The molecule has 112 valence electrons. The van der Waals surface area contributed by atoms with Crippen LogP contribution in [0.2, 0.25) is 0 Å². The van der Waals surface area contributed by atoms with Crippen LogP contribution in [-0.2, 0) is 4.74 Å². The lowest BCUT2D eigenvalue weighted by Gasteiger charge is -2.20. The van der Waals surface area contributed by atoms with Crippen molar-refractivity contribution in [1.82, 2.24) is 4.37 Å². The number of aryl methyl sites for hydroxylation is 1. The second-order valence-electron chi connectivity index (χ2n) is 4.87. The van der Waals surface area contributed by atoms with Gasteiger partial charge in [-0.1, -0.05) is 13.3 Å². The second kappa shape index (κ2) is 7.31. The van der Waals surface area contributed by atoms with E-state index in [0.717, 1.165) is 22.9 Å². The quantitative estimate of drug-likeness (QED) is 0.811. The van der Waals surface area contributed by atoms with Crippen molar-refractivity contribution in [3.8, 4) is 0 Å². The average molecular weight is 314 g/mol. The fraction of sp³-hybridized carbons (Fsp3) is 0.714. The Kier molecular flexibility index (Phi) is 5.72. The first kappa shape index (κ1) is 15.6. The van der Waals surface area contributed by atoms with E-state index in [1.54, 1.807) is 0 Å². The summed E-state index contributed by atoms with van der Waals surface area (Å²) in [5, 5.41) is 5.05. The minimum absolute atomic E-state index is 0.265. The van der Waals surface area contributed by atoms with Crippen molar-refractivity contribution in [3.05, 3.63) is 11.3 Å². The Bertz CT molecular complexity index is 462. The molecule has 0 bridgehead atoms. The molecule has 4 nitrogen and oxygen atoms in total. The molecule has 0 aromatic carbocycles. The number of anilines is 1. The van der Waals surface area contributed by atoms with Crippen molar-refractivity contribution >= 4 is 34.3 Å². The summed E-state index contributed by atoms with van der Waals surface area (Å²) < 4.78 is 9.43. The number of aromatic nitrogens is 1.